The fourth-order valence-corrected chi connectivity index (χ4v) is 3.18. The molecule has 0 saturated carbocycles. The van der Waals surface area contributed by atoms with E-state index in [0.29, 0.717) is 10.6 Å². The van der Waals surface area contributed by atoms with Crippen molar-refractivity contribution in [2.75, 3.05) is 0 Å². The molecule has 3 aromatic carbocycles. The molecule has 0 saturated heterocycles. The quantitative estimate of drug-likeness (QED) is 0.290. The summed E-state index contributed by atoms with van der Waals surface area (Å²) in [5.41, 5.74) is 0.175. The summed E-state index contributed by atoms with van der Waals surface area (Å²) in [6, 6.07) is 12.5. The number of carbonyl (C=O) groups excluding carboxylic acids is 2. The lowest BCUT2D eigenvalue weighted by atomic mass is 9.94. The van der Waals surface area contributed by atoms with Crippen LogP contribution in [0.5, 0.6) is 0 Å². The number of nitrogens with zero attached hydrogens (tertiary/aromatic N) is 4. The minimum Gasteiger partial charge on any atom is -0.267 e. The highest BCUT2D eigenvalue weighted by atomic mass is 16.6. The van der Waals surface area contributed by atoms with Gasteiger partial charge in [-0.05, 0) is 18.2 Å². The van der Waals surface area contributed by atoms with Gasteiger partial charge in [-0.15, -0.1) is 0 Å². The summed E-state index contributed by atoms with van der Waals surface area (Å²) in [6.07, 6.45) is 1.17. The maximum Gasteiger partial charge on any atom is 0.282 e. The van der Waals surface area contributed by atoms with E-state index in [0.717, 1.165) is 0 Å². The normalized spacial score (nSPS) is 13.3. The number of non-ortho nitro benzene ring substituents is 2. The van der Waals surface area contributed by atoms with Crippen molar-refractivity contribution in [1.29, 1.82) is 0 Å². The average Bonchev–Trinajstić information content (AvgIpc) is 2.71. The van der Waals surface area contributed by atoms with Gasteiger partial charge in [-0.3, -0.25) is 29.8 Å². The highest BCUT2D eigenvalue weighted by Gasteiger charge is 2.34. The van der Waals surface area contributed by atoms with E-state index >= 15 is 0 Å². The van der Waals surface area contributed by atoms with Crippen molar-refractivity contribution in [3.8, 4) is 0 Å². The zero-order chi connectivity index (χ0) is 20.7. The number of benzene rings is 3. The third-order valence-electron chi connectivity index (χ3n) is 4.46. The van der Waals surface area contributed by atoms with Crippen LogP contribution < -0.4 is 0 Å². The minimum atomic E-state index is -0.740. The van der Waals surface area contributed by atoms with Crippen LogP contribution >= 0.6 is 0 Å². The summed E-state index contributed by atoms with van der Waals surface area (Å²) in [6.45, 7) is 0. The Morgan fingerprint density at radius 1 is 0.862 bits per heavy atom. The Kier molecular flexibility index (Phi) is 4.08. The highest BCUT2D eigenvalue weighted by Crippen LogP contribution is 2.35. The van der Waals surface area contributed by atoms with Gasteiger partial charge in [0, 0.05) is 29.1 Å². The fraction of sp³-hybridized carbons (Fsp3) is 0. The van der Waals surface area contributed by atoms with Crippen molar-refractivity contribution in [1.82, 2.24) is 5.01 Å². The summed E-state index contributed by atoms with van der Waals surface area (Å²) < 4.78 is 0. The van der Waals surface area contributed by atoms with Gasteiger partial charge < -0.3 is 0 Å². The van der Waals surface area contributed by atoms with Crippen molar-refractivity contribution in [3.05, 3.63) is 91.5 Å². The standard InChI is InChI=1S/C19H10N4O6/c24-18-14-6-2-5-13-16(23(28)29)8-7-15(17(13)14)19(25)21(18)20-10-11-3-1-4-12(9-11)22(26)27/h1-10H. The van der Waals surface area contributed by atoms with Crippen LogP contribution in [0.1, 0.15) is 26.3 Å². The molecule has 142 valence electrons. The number of hydrogen-bond donors (Lipinski definition) is 0. The molecule has 0 spiro atoms. The number of carbonyl (C=O) groups is 2. The molecule has 4 rings (SSSR count). The monoisotopic (exact) mass is 390 g/mol. The van der Waals surface area contributed by atoms with Crippen LogP contribution in [0.4, 0.5) is 11.4 Å². The highest BCUT2D eigenvalue weighted by molar-refractivity contribution is 6.26. The summed E-state index contributed by atoms with van der Waals surface area (Å²) in [4.78, 5) is 46.6. The molecule has 0 fully saturated rings. The van der Waals surface area contributed by atoms with Crippen LogP contribution in [0, 0.1) is 20.2 Å². The third kappa shape index (κ3) is 2.88. The molecule has 10 heteroatoms. The van der Waals surface area contributed by atoms with E-state index in [1.807, 2.05) is 0 Å². The number of nitro benzene ring substituents is 2. The number of imide groups is 1. The van der Waals surface area contributed by atoms with E-state index in [2.05, 4.69) is 5.10 Å². The van der Waals surface area contributed by atoms with Crippen molar-refractivity contribution in [2.45, 2.75) is 0 Å². The summed E-state index contributed by atoms with van der Waals surface area (Å²) in [5, 5.41) is 27.1. The SMILES string of the molecule is O=C1c2cccc3c([N+](=O)[O-])ccc(c23)C(=O)N1N=Cc1cccc([N+](=O)[O-])c1. The van der Waals surface area contributed by atoms with Gasteiger partial charge >= 0.3 is 0 Å². The van der Waals surface area contributed by atoms with Gasteiger partial charge in [-0.1, -0.05) is 18.2 Å². The van der Waals surface area contributed by atoms with Crippen molar-refractivity contribution < 1.29 is 19.4 Å². The molecule has 1 heterocycles. The molecule has 2 amide bonds. The van der Waals surface area contributed by atoms with Crippen LogP contribution in [0.3, 0.4) is 0 Å². The molecule has 0 aliphatic carbocycles. The molecule has 0 bridgehead atoms. The van der Waals surface area contributed by atoms with Crippen molar-refractivity contribution in [2.24, 2.45) is 5.10 Å². The second-order valence-corrected chi connectivity index (χ2v) is 6.14. The molecule has 29 heavy (non-hydrogen) atoms. The van der Waals surface area contributed by atoms with Gasteiger partial charge in [0.15, 0.2) is 0 Å². The zero-order valence-corrected chi connectivity index (χ0v) is 14.5. The van der Waals surface area contributed by atoms with Gasteiger partial charge in [-0.2, -0.15) is 10.1 Å². The first-order valence-corrected chi connectivity index (χ1v) is 8.26. The Balaban J connectivity index is 1.79. The van der Waals surface area contributed by atoms with E-state index in [4.69, 9.17) is 0 Å². The first kappa shape index (κ1) is 17.9. The third-order valence-corrected chi connectivity index (χ3v) is 4.46. The molecule has 0 radical (unpaired) electrons. The predicted molar refractivity (Wildman–Crippen MR) is 102 cm³/mol. The van der Waals surface area contributed by atoms with Gasteiger partial charge in [0.25, 0.3) is 23.2 Å². The molecule has 10 nitrogen and oxygen atoms in total. The molecule has 3 aromatic rings. The lowest BCUT2D eigenvalue weighted by Crippen LogP contribution is -2.36. The van der Waals surface area contributed by atoms with Crippen LogP contribution in [-0.2, 0) is 0 Å². The summed E-state index contributed by atoms with van der Waals surface area (Å²) in [7, 11) is 0. The topological polar surface area (TPSA) is 136 Å². The van der Waals surface area contributed by atoms with Crippen LogP contribution in [-0.4, -0.2) is 32.9 Å². The molecule has 0 aromatic heterocycles. The lowest BCUT2D eigenvalue weighted by Gasteiger charge is -2.22. The number of hydrogen-bond acceptors (Lipinski definition) is 7. The van der Waals surface area contributed by atoms with Crippen LogP contribution in [0.15, 0.2) is 59.7 Å². The molecule has 0 unspecified atom stereocenters. The largest absolute Gasteiger partial charge is 0.282 e. The van der Waals surface area contributed by atoms with Crippen molar-refractivity contribution >= 4 is 40.2 Å². The van der Waals surface area contributed by atoms with E-state index in [1.165, 1.54) is 60.8 Å². The Labute approximate surface area is 162 Å². The lowest BCUT2D eigenvalue weighted by molar-refractivity contribution is -0.384. The molecule has 1 aliphatic rings. The Bertz CT molecular complexity index is 1240. The van der Waals surface area contributed by atoms with E-state index < -0.39 is 21.7 Å². The number of amides is 2. The van der Waals surface area contributed by atoms with Crippen LogP contribution in [0.25, 0.3) is 10.8 Å². The Hall–Kier alpha value is -4.47. The average molecular weight is 390 g/mol. The summed E-state index contributed by atoms with van der Waals surface area (Å²) >= 11 is 0. The predicted octanol–water partition coefficient (Wildman–Crippen LogP) is 3.29. The van der Waals surface area contributed by atoms with E-state index in [-0.39, 0.29) is 33.3 Å². The summed E-state index contributed by atoms with van der Waals surface area (Å²) in [5.74, 6) is -1.48. The molecular weight excluding hydrogens is 380 g/mol. The first-order chi connectivity index (χ1) is 13.9. The Morgan fingerprint density at radius 2 is 1.55 bits per heavy atom. The number of nitro groups is 2. The second kappa shape index (κ2) is 6.60. The molecule has 0 atom stereocenters. The van der Waals surface area contributed by atoms with Crippen molar-refractivity contribution in [3.63, 3.8) is 0 Å². The smallest absolute Gasteiger partial charge is 0.267 e. The number of hydrazone groups is 1. The van der Waals surface area contributed by atoms with E-state index in [1.54, 1.807) is 0 Å². The second-order valence-electron chi connectivity index (χ2n) is 6.14. The minimum absolute atomic E-state index is 0.108. The van der Waals surface area contributed by atoms with Gasteiger partial charge in [-0.25, -0.2) is 0 Å². The molecule has 1 aliphatic heterocycles. The molecule has 0 N–H and O–H groups in total. The maximum absolute atomic E-state index is 12.8. The molecular formula is C19H10N4O6. The van der Waals surface area contributed by atoms with Gasteiger partial charge in [0.1, 0.15) is 0 Å². The Morgan fingerprint density at radius 3 is 2.24 bits per heavy atom. The van der Waals surface area contributed by atoms with Gasteiger partial charge in [0.2, 0.25) is 0 Å². The fourth-order valence-electron chi connectivity index (χ4n) is 3.18. The maximum atomic E-state index is 12.8. The van der Waals surface area contributed by atoms with Gasteiger partial charge in [0.05, 0.1) is 32.6 Å². The first-order valence-electron chi connectivity index (χ1n) is 8.26. The van der Waals surface area contributed by atoms with Crippen LogP contribution in [0.2, 0.25) is 0 Å². The zero-order valence-electron chi connectivity index (χ0n) is 14.5. The number of rotatable bonds is 4. The van der Waals surface area contributed by atoms with E-state index in [9.17, 15) is 29.8 Å².